The van der Waals surface area contributed by atoms with E-state index in [4.69, 9.17) is 5.26 Å². The van der Waals surface area contributed by atoms with Crippen molar-refractivity contribution in [3.05, 3.63) is 70.9 Å². The summed E-state index contributed by atoms with van der Waals surface area (Å²) >= 11 is 0. The van der Waals surface area contributed by atoms with Crippen LogP contribution in [0.2, 0.25) is 0 Å². The van der Waals surface area contributed by atoms with E-state index in [1.165, 1.54) is 16.7 Å². The first kappa shape index (κ1) is 17.0. The van der Waals surface area contributed by atoms with Crippen molar-refractivity contribution in [1.29, 1.82) is 5.26 Å². The van der Waals surface area contributed by atoms with Gasteiger partial charge in [-0.05, 0) is 49.3 Å². The fraction of sp³-hybridized carbons (Fsp3) is 0.350. The van der Waals surface area contributed by atoms with Gasteiger partial charge < -0.3 is 0 Å². The highest BCUT2D eigenvalue weighted by Crippen LogP contribution is 2.37. The Labute approximate surface area is 129 Å². The summed E-state index contributed by atoms with van der Waals surface area (Å²) in [7, 11) is 0. The number of allylic oxidation sites excluding steroid dienone is 12. The summed E-state index contributed by atoms with van der Waals surface area (Å²) in [6.45, 7) is 10.8. The molecule has 0 aromatic rings. The van der Waals surface area contributed by atoms with Gasteiger partial charge in [-0.25, -0.2) is 0 Å². The topological polar surface area (TPSA) is 23.8 Å². The standard InChI is InChI=1S/C20H25N/c1-16(8-6-9-17(2)13-15-21)11-12-19-18(3)10-7-14-20(19,4)5/h6-13H,14H2,1-5H3/b9-6-,12-11+,16-8+,17-13+. The molecule has 0 N–H and O–H groups in total. The minimum atomic E-state index is 0.206. The quantitative estimate of drug-likeness (QED) is 0.470. The highest BCUT2D eigenvalue weighted by Gasteiger charge is 2.23. The summed E-state index contributed by atoms with van der Waals surface area (Å²) < 4.78 is 0. The molecule has 0 aliphatic heterocycles. The average molecular weight is 279 g/mol. The average Bonchev–Trinajstić information content (AvgIpc) is 2.37. The Balaban J connectivity index is 2.83. The predicted molar refractivity (Wildman–Crippen MR) is 91.6 cm³/mol. The maximum atomic E-state index is 8.55. The van der Waals surface area contributed by atoms with Crippen LogP contribution in [0.4, 0.5) is 0 Å². The molecule has 0 amide bonds. The molecule has 0 bridgehead atoms. The molecule has 0 saturated heterocycles. The second kappa shape index (κ2) is 7.64. The van der Waals surface area contributed by atoms with Crippen molar-refractivity contribution in [3.63, 3.8) is 0 Å². The summed E-state index contributed by atoms with van der Waals surface area (Å²) in [5, 5.41) is 8.55. The van der Waals surface area contributed by atoms with Crippen molar-refractivity contribution in [2.45, 2.75) is 41.0 Å². The van der Waals surface area contributed by atoms with Gasteiger partial charge in [0.15, 0.2) is 0 Å². The van der Waals surface area contributed by atoms with Crippen LogP contribution in [-0.2, 0) is 0 Å². The van der Waals surface area contributed by atoms with Crippen LogP contribution in [0.1, 0.15) is 41.0 Å². The Morgan fingerprint density at radius 3 is 2.57 bits per heavy atom. The van der Waals surface area contributed by atoms with Crippen LogP contribution in [0.15, 0.2) is 70.9 Å². The highest BCUT2D eigenvalue weighted by atomic mass is 14.3. The summed E-state index contributed by atoms with van der Waals surface area (Å²) in [4.78, 5) is 0. The lowest BCUT2D eigenvalue weighted by Gasteiger charge is -2.29. The number of rotatable bonds is 4. The number of nitrogens with zero attached hydrogens (tertiary/aromatic N) is 1. The van der Waals surface area contributed by atoms with Gasteiger partial charge >= 0.3 is 0 Å². The number of nitriles is 1. The molecule has 0 saturated carbocycles. The number of hydrogen-bond donors (Lipinski definition) is 0. The van der Waals surface area contributed by atoms with Crippen molar-refractivity contribution in [2.24, 2.45) is 5.41 Å². The van der Waals surface area contributed by atoms with Gasteiger partial charge in [0.1, 0.15) is 0 Å². The van der Waals surface area contributed by atoms with E-state index in [0.29, 0.717) is 0 Å². The molecule has 1 nitrogen and oxygen atoms in total. The monoisotopic (exact) mass is 279 g/mol. The zero-order valence-corrected chi connectivity index (χ0v) is 13.8. The fourth-order valence-electron chi connectivity index (χ4n) is 2.39. The normalized spacial score (nSPS) is 19.6. The van der Waals surface area contributed by atoms with Crippen LogP contribution < -0.4 is 0 Å². The van der Waals surface area contributed by atoms with Crippen LogP contribution in [0.5, 0.6) is 0 Å². The van der Waals surface area contributed by atoms with Crippen LogP contribution in [0, 0.1) is 16.7 Å². The van der Waals surface area contributed by atoms with E-state index in [1.807, 2.05) is 25.1 Å². The van der Waals surface area contributed by atoms with Crippen molar-refractivity contribution in [1.82, 2.24) is 0 Å². The lowest BCUT2D eigenvalue weighted by atomic mass is 9.75. The van der Waals surface area contributed by atoms with Crippen molar-refractivity contribution in [2.75, 3.05) is 0 Å². The number of hydrogen-bond acceptors (Lipinski definition) is 1. The van der Waals surface area contributed by atoms with Gasteiger partial charge in [-0.15, -0.1) is 0 Å². The Hall–Kier alpha value is -2.07. The molecule has 1 rings (SSSR count). The Morgan fingerprint density at radius 2 is 1.95 bits per heavy atom. The van der Waals surface area contributed by atoms with Gasteiger partial charge in [0.25, 0.3) is 0 Å². The summed E-state index contributed by atoms with van der Waals surface area (Å²) in [5.41, 5.74) is 5.11. The van der Waals surface area contributed by atoms with Crippen molar-refractivity contribution >= 4 is 0 Å². The molecule has 1 heteroatoms. The van der Waals surface area contributed by atoms with Crippen molar-refractivity contribution < 1.29 is 0 Å². The third-order valence-corrected chi connectivity index (χ3v) is 3.67. The van der Waals surface area contributed by atoms with Gasteiger partial charge in [0, 0.05) is 6.08 Å². The second-order valence-electron chi connectivity index (χ2n) is 6.21. The van der Waals surface area contributed by atoms with E-state index in [0.717, 1.165) is 12.0 Å². The van der Waals surface area contributed by atoms with Gasteiger partial charge in [0.05, 0.1) is 6.07 Å². The molecule has 1 aliphatic carbocycles. The molecule has 1 aliphatic rings. The molecule has 0 fully saturated rings. The largest absolute Gasteiger partial charge is 0.193 e. The second-order valence-corrected chi connectivity index (χ2v) is 6.21. The third kappa shape index (κ3) is 5.44. The zero-order valence-electron chi connectivity index (χ0n) is 13.8. The van der Waals surface area contributed by atoms with Crippen LogP contribution in [0.25, 0.3) is 0 Å². The molecule has 0 atom stereocenters. The van der Waals surface area contributed by atoms with E-state index < -0.39 is 0 Å². The maximum Gasteiger partial charge on any atom is 0.0914 e. The third-order valence-electron chi connectivity index (χ3n) is 3.67. The van der Waals surface area contributed by atoms with E-state index in [-0.39, 0.29) is 5.41 Å². The molecule has 21 heavy (non-hydrogen) atoms. The Kier molecular flexibility index (Phi) is 6.18. The Bertz CT molecular complexity index is 596. The molecule has 0 radical (unpaired) electrons. The maximum absolute atomic E-state index is 8.55. The molecule has 0 spiro atoms. The molecule has 0 aromatic heterocycles. The molecular weight excluding hydrogens is 254 g/mol. The molecular formula is C20H25N. The summed E-state index contributed by atoms with van der Waals surface area (Å²) in [6.07, 6.45) is 17.5. The molecule has 0 heterocycles. The van der Waals surface area contributed by atoms with Crippen LogP contribution >= 0.6 is 0 Å². The first-order valence-corrected chi connectivity index (χ1v) is 7.34. The molecule has 0 aromatic carbocycles. The summed E-state index contributed by atoms with van der Waals surface area (Å²) in [5.74, 6) is 0. The first-order valence-electron chi connectivity index (χ1n) is 7.34. The van der Waals surface area contributed by atoms with Crippen LogP contribution in [-0.4, -0.2) is 0 Å². The van der Waals surface area contributed by atoms with E-state index in [2.05, 4.69) is 58.1 Å². The fourth-order valence-corrected chi connectivity index (χ4v) is 2.39. The van der Waals surface area contributed by atoms with Gasteiger partial charge in [-0.3, -0.25) is 0 Å². The lowest BCUT2D eigenvalue weighted by molar-refractivity contribution is 0.456. The van der Waals surface area contributed by atoms with Gasteiger partial charge in [-0.1, -0.05) is 62.0 Å². The smallest absolute Gasteiger partial charge is 0.0914 e. The summed E-state index contributed by atoms with van der Waals surface area (Å²) in [6, 6.07) is 2.03. The van der Waals surface area contributed by atoms with Crippen molar-refractivity contribution in [3.8, 4) is 6.07 Å². The minimum absolute atomic E-state index is 0.206. The van der Waals surface area contributed by atoms with E-state index in [9.17, 15) is 0 Å². The molecule has 110 valence electrons. The van der Waals surface area contributed by atoms with Gasteiger partial charge in [-0.2, -0.15) is 5.26 Å². The van der Waals surface area contributed by atoms with E-state index >= 15 is 0 Å². The minimum Gasteiger partial charge on any atom is -0.193 e. The van der Waals surface area contributed by atoms with Gasteiger partial charge in [0.2, 0.25) is 0 Å². The predicted octanol–water partition coefficient (Wildman–Crippen LogP) is 5.82. The SMILES string of the molecule is CC1=C(/C=C/C(C)=C/C=C\C(C)=C\C#N)C(C)(C)CC=C1. The zero-order chi connectivity index (χ0) is 15.9. The highest BCUT2D eigenvalue weighted by molar-refractivity contribution is 5.42. The first-order chi connectivity index (χ1) is 9.86. The van der Waals surface area contributed by atoms with Crippen LogP contribution in [0.3, 0.4) is 0 Å². The van der Waals surface area contributed by atoms with E-state index in [1.54, 1.807) is 6.08 Å². The molecule has 0 unspecified atom stereocenters. The lowest BCUT2D eigenvalue weighted by Crippen LogP contribution is -2.16. The Morgan fingerprint density at radius 1 is 1.24 bits per heavy atom.